The molecule has 1 aromatic carbocycles. The molecule has 28 heavy (non-hydrogen) atoms. The first kappa shape index (κ1) is 22.7. The second kappa shape index (κ2) is 10.3. The number of carbonyl (C=O) groups excluding carboxylic acids is 1. The molecule has 1 saturated carbocycles. The maximum atomic E-state index is 13.5. The number of carbonyl (C=O) groups is 1. The lowest BCUT2D eigenvalue weighted by molar-refractivity contribution is -0.121. The predicted octanol–water partition coefficient (Wildman–Crippen LogP) is 3.49. The summed E-state index contributed by atoms with van der Waals surface area (Å²) < 4.78 is 33.8. The van der Waals surface area contributed by atoms with Crippen molar-refractivity contribution in [3.8, 4) is 5.75 Å². The highest BCUT2D eigenvalue weighted by Crippen LogP contribution is 2.32. The summed E-state index contributed by atoms with van der Waals surface area (Å²) in [5.41, 5.74) is 0.837. The van der Waals surface area contributed by atoms with Crippen molar-refractivity contribution in [2.24, 2.45) is 5.92 Å². The van der Waals surface area contributed by atoms with Crippen molar-refractivity contribution in [3.05, 3.63) is 23.8 Å². The highest BCUT2D eigenvalue weighted by molar-refractivity contribution is 7.89. The Kier molecular flexibility index (Phi) is 8.31. The van der Waals surface area contributed by atoms with Crippen molar-refractivity contribution in [3.63, 3.8) is 0 Å². The summed E-state index contributed by atoms with van der Waals surface area (Å²) >= 11 is 0. The minimum Gasteiger partial charge on any atom is -0.495 e. The Morgan fingerprint density at radius 1 is 1.25 bits per heavy atom. The third kappa shape index (κ3) is 5.95. The van der Waals surface area contributed by atoms with E-state index >= 15 is 0 Å². The molecule has 1 fully saturated rings. The van der Waals surface area contributed by atoms with E-state index in [1.54, 1.807) is 12.1 Å². The van der Waals surface area contributed by atoms with Crippen molar-refractivity contribution in [2.45, 2.75) is 70.2 Å². The number of benzene rings is 1. The molecule has 0 radical (unpaired) electrons. The molecule has 0 bridgehead atoms. The minimum absolute atomic E-state index is 0.135. The molecule has 0 aliphatic heterocycles. The summed E-state index contributed by atoms with van der Waals surface area (Å²) in [4.78, 5) is 12.7. The smallest absolute Gasteiger partial charge is 0.247 e. The highest BCUT2D eigenvalue weighted by Gasteiger charge is 2.35. The maximum absolute atomic E-state index is 13.5. The fourth-order valence-corrected chi connectivity index (χ4v) is 5.47. The molecule has 1 aliphatic rings. The zero-order valence-electron chi connectivity index (χ0n) is 17.5. The number of aryl methyl sites for hydroxylation is 1. The number of hydrogen-bond acceptors (Lipinski definition) is 4. The zero-order chi connectivity index (χ0) is 20.7. The van der Waals surface area contributed by atoms with Gasteiger partial charge in [-0.05, 0) is 49.8 Å². The molecule has 0 heterocycles. The fraction of sp³-hybridized carbons (Fsp3) is 0.667. The van der Waals surface area contributed by atoms with Gasteiger partial charge in [-0.3, -0.25) is 4.79 Å². The van der Waals surface area contributed by atoms with E-state index in [0.29, 0.717) is 18.2 Å². The van der Waals surface area contributed by atoms with Crippen LogP contribution in [-0.2, 0) is 14.8 Å². The van der Waals surface area contributed by atoms with E-state index in [0.717, 1.165) is 44.1 Å². The third-order valence-corrected chi connectivity index (χ3v) is 7.15. The van der Waals surface area contributed by atoms with Crippen molar-refractivity contribution in [1.82, 2.24) is 9.62 Å². The lowest BCUT2D eigenvalue weighted by Gasteiger charge is -2.33. The maximum Gasteiger partial charge on any atom is 0.247 e. The molecule has 1 N–H and O–H groups in total. The van der Waals surface area contributed by atoms with Crippen molar-refractivity contribution in [1.29, 1.82) is 0 Å². The monoisotopic (exact) mass is 410 g/mol. The van der Waals surface area contributed by atoms with Gasteiger partial charge in [0.1, 0.15) is 10.6 Å². The van der Waals surface area contributed by atoms with E-state index in [1.165, 1.54) is 11.4 Å². The summed E-state index contributed by atoms with van der Waals surface area (Å²) in [6, 6.07) is 4.96. The number of sulfonamides is 1. The largest absolute Gasteiger partial charge is 0.495 e. The topological polar surface area (TPSA) is 75.7 Å². The predicted molar refractivity (Wildman–Crippen MR) is 111 cm³/mol. The van der Waals surface area contributed by atoms with Gasteiger partial charge < -0.3 is 10.1 Å². The molecule has 158 valence electrons. The molecular weight excluding hydrogens is 376 g/mol. The Morgan fingerprint density at radius 2 is 1.93 bits per heavy atom. The average Bonchev–Trinajstić information content (AvgIpc) is 2.66. The molecule has 0 unspecified atom stereocenters. The Balaban J connectivity index is 2.30. The Bertz CT molecular complexity index is 756. The summed E-state index contributed by atoms with van der Waals surface area (Å²) in [6.07, 6.45) is 5.51. The van der Waals surface area contributed by atoms with Crippen LogP contribution >= 0.6 is 0 Å². The number of rotatable bonds is 9. The van der Waals surface area contributed by atoms with Gasteiger partial charge in [0.25, 0.3) is 0 Å². The number of methoxy groups -OCH3 is 1. The molecule has 6 nitrogen and oxygen atoms in total. The van der Waals surface area contributed by atoms with Gasteiger partial charge in [-0.25, -0.2) is 8.42 Å². The van der Waals surface area contributed by atoms with Crippen LogP contribution < -0.4 is 10.1 Å². The van der Waals surface area contributed by atoms with Crippen LogP contribution in [0, 0.1) is 12.8 Å². The SMILES string of the molecule is COc1ccc(C)cc1S(=O)(=O)N(CC(=O)NCCC(C)C)C1CCCCC1. The van der Waals surface area contributed by atoms with Gasteiger partial charge in [0, 0.05) is 12.6 Å². The van der Waals surface area contributed by atoms with E-state index < -0.39 is 10.0 Å². The second-order valence-corrected chi connectivity index (χ2v) is 9.89. The van der Waals surface area contributed by atoms with Gasteiger partial charge in [0.2, 0.25) is 15.9 Å². The fourth-order valence-electron chi connectivity index (χ4n) is 3.59. The standard InChI is InChI=1S/C21H34N2O4S/c1-16(2)12-13-22-21(24)15-23(18-8-6-5-7-9-18)28(25,26)20-14-17(3)10-11-19(20)27-4/h10-11,14,16,18H,5-9,12-13,15H2,1-4H3,(H,22,24). The summed E-state index contributed by atoms with van der Waals surface area (Å²) in [5.74, 6) is 0.545. The van der Waals surface area contributed by atoms with Crippen LogP contribution in [0.25, 0.3) is 0 Å². The van der Waals surface area contributed by atoms with Crippen LogP contribution in [0.5, 0.6) is 5.75 Å². The van der Waals surface area contributed by atoms with Crippen molar-refractivity contribution >= 4 is 15.9 Å². The number of nitrogens with one attached hydrogen (secondary N) is 1. The van der Waals surface area contributed by atoms with Crippen LogP contribution in [0.4, 0.5) is 0 Å². The van der Waals surface area contributed by atoms with E-state index in [1.807, 2.05) is 13.0 Å². The molecule has 2 rings (SSSR count). The number of amides is 1. The van der Waals surface area contributed by atoms with Crippen LogP contribution in [-0.4, -0.2) is 44.9 Å². The lowest BCUT2D eigenvalue weighted by atomic mass is 9.95. The Morgan fingerprint density at radius 3 is 2.54 bits per heavy atom. The van der Waals surface area contributed by atoms with Gasteiger partial charge in [-0.1, -0.05) is 39.2 Å². The summed E-state index contributed by atoms with van der Waals surface area (Å²) in [7, 11) is -2.39. The molecular formula is C21H34N2O4S. The van der Waals surface area contributed by atoms with E-state index in [9.17, 15) is 13.2 Å². The Labute approximate surface area is 169 Å². The van der Waals surface area contributed by atoms with Gasteiger partial charge in [-0.15, -0.1) is 0 Å². The molecule has 1 aliphatic carbocycles. The van der Waals surface area contributed by atoms with Gasteiger partial charge >= 0.3 is 0 Å². The first-order valence-electron chi connectivity index (χ1n) is 10.2. The average molecular weight is 411 g/mol. The van der Waals surface area contributed by atoms with Gasteiger partial charge in [0.05, 0.1) is 13.7 Å². The van der Waals surface area contributed by atoms with Gasteiger partial charge in [-0.2, -0.15) is 4.31 Å². The first-order chi connectivity index (χ1) is 13.3. The molecule has 1 amide bonds. The van der Waals surface area contributed by atoms with Crippen LogP contribution in [0.2, 0.25) is 0 Å². The Hall–Kier alpha value is -1.60. The highest BCUT2D eigenvalue weighted by atomic mass is 32.2. The third-order valence-electron chi connectivity index (χ3n) is 5.23. The van der Waals surface area contributed by atoms with Crippen molar-refractivity contribution in [2.75, 3.05) is 20.2 Å². The van der Waals surface area contributed by atoms with Crippen LogP contribution in [0.1, 0.15) is 57.9 Å². The summed E-state index contributed by atoms with van der Waals surface area (Å²) in [6.45, 7) is 6.44. The first-order valence-corrected chi connectivity index (χ1v) is 11.6. The van der Waals surface area contributed by atoms with Crippen LogP contribution in [0.3, 0.4) is 0 Å². The normalized spacial score (nSPS) is 15.8. The second-order valence-electron chi connectivity index (χ2n) is 8.03. The molecule has 1 aromatic rings. The van der Waals surface area contributed by atoms with Crippen molar-refractivity contribution < 1.29 is 17.9 Å². The van der Waals surface area contributed by atoms with E-state index in [2.05, 4.69) is 19.2 Å². The molecule has 0 aromatic heterocycles. The summed E-state index contributed by atoms with van der Waals surface area (Å²) in [5, 5.41) is 2.87. The van der Waals surface area contributed by atoms with Gasteiger partial charge in [0.15, 0.2) is 0 Å². The zero-order valence-corrected chi connectivity index (χ0v) is 18.3. The lowest BCUT2D eigenvalue weighted by Crippen LogP contribution is -2.47. The van der Waals surface area contributed by atoms with Crippen LogP contribution in [0.15, 0.2) is 23.1 Å². The quantitative estimate of drug-likeness (QED) is 0.676. The molecule has 0 atom stereocenters. The number of nitrogens with zero attached hydrogens (tertiary/aromatic N) is 1. The molecule has 0 spiro atoms. The van der Waals surface area contributed by atoms with E-state index in [4.69, 9.17) is 4.74 Å². The molecule has 7 heteroatoms. The molecule has 0 saturated heterocycles. The number of hydrogen-bond donors (Lipinski definition) is 1. The van der Waals surface area contributed by atoms with E-state index in [-0.39, 0.29) is 23.4 Å². The number of ether oxygens (including phenoxy) is 1. The minimum atomic E-state index is -3.85.